The Morgan fingerprint density at radius 1 is 1.25 bits per heavy atom. The van der Waals surface area contributed by atoms with Crippen molar-refractivity contribution in [1.29, 1.82) is 0 Å². The minimum Gasteiger partial charge on any atom is -0.369 e. The summed E-state index contributed by atoms with van der Waals surface area (Å²) in [5, 5.41) is 6.18. The minimum atomic E-state index is -3.75. The predicted octanol–water partition coefficient (Wildman–Crippen LogP) is 0.0651. The van der Waals surface area contributed by atoms with Crippen LogP contribution in [-0.2, 0) is 14.6 Å². The number of carbonyl (C=O) groups excluding carboxylic acids is 2. The first-order chi connectivity index (χ1) is 11.4. The van der Waals surface area contributed by atoms with Crippen LogP contribution in [0.2, 0.25) is 0 Å². The molecule has 1 unspecified atom stereocenters. The SMILES string of the molecule is NC(=O)CS(=O)(=O)c1ccc(C(=O)NCCC2CCCNC2)cc1. The zero-order valence-corrected chi connectivity index (χ0v) is 14.3. The second-order valence-corrected chi connectivity index (χ2v) is 8.00. The monoisotopic (exact) mass is 353 g/mol. The van der Waals surface area contributed by atoms with Gasteiger partial charge in [0.15, 0.2) is 9.84 Å². The molecule has 0 radical (unpaired) electrons. The molecule has 1 heterocycles. The Morgan fingerprint density at radius 3 is 2.54 bits per heavy atom. The number of piperidine rings is 1. The van der Waals surface area contributed by atoms with Crippen LogP contribution in [0.4, 0.5) is 0 Å². The summed E-state index contributed by atoms with van der Waals surface area (Å²) >= 11 is 0. The number of nitrogens with two attached hydrogens (primary N) is 1. The van der Waals surface area contributed by atoms with Gasteiger partial charge in [0.05, 0.1) is 4.90 Å². The van der Waals surface area contributed by atoms with Gasteiger partial charge in [0, 0.05) is 12.1 Å². The number of rotatable bonds is 7. The first-order valence-electron chi connectivity index (χ1n) is 7.98. The lowest BCUT2D eigenvalue weighted by atomic mass is 9.96. The van der Waals surface area contributed by atoms with Crippen molar-refractivity contribution >= 4 is 21.7 Å². The molecule has 7 nitrogen and oxygen atoms in total. The maximum atomic E-state index is 12.1. The van der Waals surface area contributed by atoms with Gasteiger partial charge in [-0.3, -0.25) is 9.59 Å². The fourth-order valence-corrected chi connectivity index (χ4v) is 3.84. The highest BCUT2D eigenvalue weighted by Gasteiger charge is 2.18. The molecule has 1 aliphatic rings. The Bertz CT molecular complexity index is 680. The van der Waals surface area contributed by atoms with Crippen LogP contribution in [0, 0.1) is 5.92 Å². The fourth-order valence-electron chi connectivity index (χ4n) is 2.75. The van der Waals surface area contributed by atoms with E-state index in [0.29, 0.717) is 18.0 Å². The molecule has 0 spiro atoms. The predicted molar refractivity (Wildman–Crippen MR) is 90.2 cm³/mol. The molecular formula is C16H23N3O4S. The number of sulfone groups is 1. The molecule has 8 heteroatoms. The van der Waals surface area contributed by atoms with Crippen LogP contribution in [0.5, 0.6) is 0 Å². The van der Waals surface area contributed by atoms with Crippen molar-refractivity contribution < 1.29 is 18.0 Å². The average Bonchev–Trinajstić information content (AvgIpc) is 2.55. The second kappa shape index (κ2) is 8.25. The van der Waals surface area contributed by atoms with E-state index in [4.69, 9.17) is 5.73 Å². The Kier molecular flexibility index (Phi) is 6.33. The molecule has 1 fully saturated rings. The van der Waals surface area contributed by atoms with Crippen molar-refractivity contribution in [2.24, 2.45) is 11.7 Å². The van der Waals surface area contributed by atoms with Crippen LogP contribution in [0.25, 0.3) is 0 Å². The number of primary amides is 1. The summed E-state index contributed by atoms with van der Waals surface area (Å²) in [5.41, 5.74) is 5.31. The largest absolute Gasteiger partial charge is 0.369 e. The van der Waals surface area contributed by atoms with Crippen molar-refractivity contribution in [1.82, 2.24) is 10.6 Å². The topological polar surface area (TPSA) is 118 Å². The average molecular weight is 353 g/mol. The maximum absolute atomic E-state index is 12.1. The van der Waals surface area contributed by atoms with E-state index in [-0.39, 0.29) is 10.8 Å². The maximum Gasteiger partial charge on any atom is 0.251 e. The minimum absolute atomic E-state index is 0.0221. The van der Waals surface area contributed by atoms with Gasteiger partial charge < -0.3 is 16.4 Å². The number of hydrogen-bond donors (Lipinski definition) is 3. The highest BCUT2D eigenvalue weighted by molar-refractivity contribution is 7.92. The van der Waals surface area contributed by atoms with Crippen LogP contribution in [-0.4, -0.2) is 45.6 Å². The number of hydrogen-bond acceptors (Lipinski definition) is 5. The lowest BCUT2D eigenvalue weighted by Crippen LogP contribution is -2.33. The highest BCUT2D eigenvalue weighted by Crippen LogP contribution is 2.14. The molecule has 0 bridgehead atoms. The Labute approximate surface area is 141 Å². The molecule has 24 heavy (non-hydrogen) atoms. The normalized spacial score (nSPS) is 18.1. The van der Waals surface area contributed by atoms with Gasteiger partial charge in [-0.25, -0.2) is 8.42 Å². The van der Waals surface area contributed by atoms with E-state index in [0.717, 1.165) is 19.5 Å². The van der Waals surface area contributed by atoms with Gasteiger partial charge in [-0.1, -0.05) is 0 Å². The first kappa shape index (κ1) is 18.4. The third-order valence-electron chi connectivity index (χ3n) is 4.04. The van der Waals surface area contributed by atoms with Crippen LogP contribution in [0.3, 0.4) is 0 Å². The quantitative estimate of drug-likeness (QED) is 0.641. The zero-order chi connectivity index (χ0) is 17.6. The molecule has 1 aromatic carbocycles. The third-order valence-corrected chi connectivity index (χ3v) is 5.70. The lowest BCUT2D eigenvalue weighted by molar-refractivity contribution is -0.115. The molecule has 1 atom stereocenters. The summed E-state index contributed by atoms with van der Waals surface area (Å²) in [6.45, 7) is 2.64. The van der Waals surface area contributed by atoms with E-state index in [2.05, 4.69) is 10.6 Å². The van der Waals surface area contributed by atoms with Crippen LogP contribution < -0.4 is 16.4 Å². The second-order valence-electron chi connectivity index (χ2n) is 6.01. The number of carbonyl (C=O) groups is 2. The van der Waals surface area contributed by atoms with Crippen molar-refractivity contribution in [3.8, 4) is 0 Å². The molecule has 1 aromatic rings. The summed E-state index contributed by atoms with van der Waals surface area (Å²) < 4.78 is 23.7. The Morgan fingerprint density at radius 2 is 1.96 bits per heavy atom. The summed E-state index contributed by atoms with van der Waals surface area (Å²) in [6, 6.07) is 5.51. The molecule has 0 aliphatic carbocycles. The summed E-state index contributed by atoms with van der Waals surface area (Å²) in [7, 11) is -3.75. The smallest absolute Gasteiger partial charge is 0.251 e. The summed E-state index contributed by atoms with van der Waals surface area (Å²) in [5.74, 6) is -1.31. The van der Waals surface area contributed by atoms with Gasteiger partial charge in [-0.05, 0) is 62.5 Å². The fraction of sp³-hybridized carbons (Fsp3) is 0.500. The van der Waals surface area contributed by atoms with Gasteiger partial charge in [0.1, 0.15) is 5.75 Å². The molecule has 0 aromatic heterocycles. The van der Waals surface area contributed by atoms with Crippen LogP contribution >= 0.6 is 0 Å². The molecule has 0 saturated carbocycles. The van der Waals surface area contributed by atoms with Crippen LogP contribution in [0.1, 0.15) is 29.6 Å². The van der Waals surface area contributed by atoms with Gasteiger partial charge >= 0.3 is 0 Å². The Balaban J connectivity index is 1.87. The molecule has 1 saturated heterocycles. The van der Waals surface area contributed by atoms with Gasteiger partial charge in [0.2, 0.25) is 5.91 Å². The molecule has 1 aliphatic heterocycles. The summed E-state index contributed by atoms with van der Waals surface area (Å²) in [4.78, 5) is 22.8. The number of benzene rings is 1. The van der Waals surface area contributed by atoms with E-state index in [9.17, 15) is 18.0 Å². The third kappa shape index (κ3) is 5.31. The van der Waals surface area contributed by atoms with E-state index >= 15 is 0 Å². The van der Waals surface area contributed by atoms with Crippen LogP contribution in [0.15, 0.2) is 29.2 Å². The Hall–Kier alpha value is -1.93. The van der Waals surface area contributed by atoms with Gasteiger partial charge in [-0.2, -0.15) is 0 Å². The first-order valence-corrected chi connectivity index (χ1v) is 9.64. The standard InChI is InChI=1S/C16H23N3O4S/c17-15(20)11-24(22,23)14-5-3-13(4-6-14)16(21)19-9-7-12-2-1-8-18-10-12/h3-6,12,18H,1-2,7-11H2,(H2,17,20)(H,19,21). The van der Waals surface area contributed by atoms with E-state index in [1.165, 1.54) is 37.1 Å². The van der Waals surface area contributed by atoms with Gasteiger partial charge in [-0.15, -0.1) is 0 Å². The van der Waals surface area contributed by atoms with Crippen molar-refractivity contribution in [3.05, 3.63) is 29.8 Å². The number of nitrogens with one attached hydrogen (secondary N) is 2. The van der Waals surface area contributed by atoms with E-state index in [1.807, 2.05) is 0 Å². The molecule has 2 rings (SSSR count). The lowest BCUT2D eigenvalue weighted by Gasteiger charge is -2.22. The van der Waals surface area contributed by atoms with E-state index < -0.39 is 21.5 Å². The van der Waals surface area contributed by atoms with Crippen molar-refractivity contribution in [3.63, 3.8) is 0 Å². The van der Waals surface area contributed by atoms with Crippen molar-refractivity contribution in [2.45, 2.75) is 24.2 Å². The number of amides is 2. The highest BCUT2D eigenvalue weighted by atomic mass is 32.2. The summed E-state index contributed by atoms with van der Waals surface area (Å²) in [6.07, 6.45) is 3.26. The zero-order valence-electron chi connectivity index (χ0n) is 13.5. The molecule has 132 valence electrons. The van der Waals surface area contributed by atoms with Gasteiger partial charge in [0.25, 0.3) is 5.91 Å². The molecular weight excluding hydrogens is 330 g/mol. The van der Waals surface area contributed by atoms with E-state index in [1.54, 1.807) is 0 Å². The molecule has 4 N–H and O–H groups in total. The van der Waals surface area contributed by atoms with Crippen molar-refractivity contribution in [2.75, 3.05) is 25.4 Å². The molecule has 2 amide bonds.